The lowest BCUT2D eigenvalue weighted by molar-refractivity contribution is -0.143. The third-order valence-corrected chi connectivity index (χ3v) is 5.69. The van der Waals surface area contributed by atoms with Gasteiger partial charge >= 0.3 is 5.97 Å². The number of rotatable bonds is 4. The number of carboxylic acids is 1. The highest BCUT2D eigenvalue weighted by molar-refractivity contribution is 5.83. The van der Waals surface area contributed by atoms with E-state index in [4.69, 9.17) is 0 Å². The summed E-state index contributed by atoms with van der Waals surface area (Å²) in [5, 5.41) is 11.8. The third kappa shape index (κ3) is 3.74. The average molecular weight is 359 g/mol. The quantitative estimate of drug-likeness (QED) is 0.710. The van der Waals surface area contributed by atoms with Crippen molar-refractivity contribution >= 4 is 16.7 Å². The Morgan fingerprint density at radius 2 is 1.63 bits per heavy atom. The van der Waals surface area contributed by atoms with Crippen molar-refractivity contribution in [1.82, 2.24) is 4.90 Å². The molecule has 1 fully saturated rings. The second-order valence-corrected chi connectivity index (χ2v) is 7.57. The maximum Gasteiger partial charge on any atom is 0.306 e. The van der Waals surface area contributed by atoms with Gasteiger partial charge in [-0.1, -0.05) is 66.2 Å². The number of aryl methyl sites for hydroxylation is 1. The van der Waals surface area contributed by atoms with Crippen molar-refractivity contribution in [2.24, 2.45) is 5.92 Å². The normalized spacial score (nSPS) is 17.1. The minimum absolute atomic E-state index is 0.157. The summed E-state index contributed by atoms with van der Waals surface area (Å²) in [6, 6.07) is 24.0. The average Bonchev–Trinajstić information content (AvgIpc) is 2.68. The van der Waals surface area contributed by atoms with Crippen LogP contribution in [0, 0.1) is 12.8 Å². The van der Waals surface area contributed by atoms with E-state index in [0.29, 0.717) is 12.8 Å². The summed E-state index contributed by atoms with van der Waals surface area (Å²) >= 11 is 0. The zero-order chi connectivity index (χ0) is 18.8. The molecule has 27 heavy (non-hydrogen) atoms. The highest BCUT2D eigenvalue weighted by atomic mass is 16.4. The molecule has 0 amide bonds. The first-order valence-electron chi connectivity index (χ1n) is 9.64. The summed E-state index contributed by atoms with van der Waals surface area (Å²) in [6.07, 6.45) is 1.43. The van der Waals surface area contributed by atoms with Gasteiger partial charge in [0.25, 0.3) is 0 Å². The number of hydrogen-bond donors (Lipinski definition) is 1. The van der Waals surface area contributed by atoms with Gasteiger partial charge in [-0.3, -0.25) is 9.69 Å². The van der Waals surface area contributed by atoms with Gasteiger partial charge in [0, 0.05) is 0 Å². The molecule has 3 aromatic rings. The summed E-state index contributed by atoms with van der Waals surface area (Å²) in [5.41, 5.74) is 3.80. The molecule has 0 aromatic heterocycles. The van der Waals surface area contributed by atoms with Crippen LogP contribution in [0.1, 0.15) is 35.6 Å². The van der Waals surface area contributed by atoms with Crippen molar-refractivity contribution in [3.63, 3.8) is 0 Å². The second-order valence-electron chi connectivity index (χ2n) is 7.57. The molecule has 3 aromatic carbocycles. The molecule has 1 aliphatic heterocycles. The Bertz CT molecular complexity index is 957. The van der Waals surface area contributed by atoms with Gasteiger partial charge in [-0.15, -0.1) is 0 Å². The zero-order valence-corrected chi connectivity index (χ0v) is 15.6. The van der Waals surface area contributed by atoms with Crippen molar-refractivity contribution in [3.05, 3.63) is 83.4 Å². The molecule has 0 spiro atoms. The van der Waals surface area contributed by atoms with E-state index in [1.807, 2.05) is 0 Å². The van der Waals surface area contributed by atoms with Gasteiger partial charge in [0.05, 0.1) is 12.0 Å². The van der Waals surface area contributed by atoms with Gasteiger partial charge in [0.2, 0.25) is 0 Å². The molecular formula is C24H25NO2. The number of carboxylic acid groups (broad SMARTS) is 1. The second kappa shape index (κ2) is 7.53. The lowest BCUT2D eigenvalue weighted by Gasteiger charge is -2.37. The minimum Gasteiger partial charge on any atom is -0.481 e. The molecule has 0 bridgehead atoms. The Morgan fingerprint density at radius 3 is 2.33 bits per heavy atom. The van der Waals surface area contributed by atoms with Crippen LogP contribution in [-0.4, -0.2) is 29.1 Å². The molecule has 138 valence electrons. The molecular weight excluding hydrogens is 334 g/mol. The molecule has 3 nitrogen and oxygen atoms in total. The highest BCUT2D eigenvalue weighted by Gasteiger charge is 2.30. The van der Waals surface area contributed by atoms with Crippen LogP contribution in [0.15, 0.2) is 66.7 Å². The van der Waals surface area contributed by atoms with Gasteiger partial charge in [-0.2, -0.15) is 0 Å². The number of hydrogen-bond acceptors (Lipinski definition) is 2. The van der Waals surface area contributed by atoms with E-state index in [-0.39, 0.29) is 12.0 Å². The Labute approximate surface area is 160 Å². The molecule has 0 saturated carbocycles. The van der Waals surface area contributed by atoms with Crippen molar-refractivity contribution in [2.45, 2.75) is 25.8 Å². The first kappa shape index (κ1) is 17.7. The Kier molecular flexibility index (Phi) is 4.95. The zero-order valence-electron chi connectivity index (χ0n) is 15.6. The predicted molar refractivity (Wildman–Crippen MR) is 109 cm³/mol. The lowest BCUT2D eigenvalue weighted by atomic mass is 9.90. The number of aliphatic carboxylic acids is 1. The van der Waals surface area contributed by atoms with E-state index in [0.717, 1.165) is 13.1 Å². The van der Waals surface area contributed by atoms with Gasteiger partial charge in [-0.25, -0.2) is 0 Å². The van der Waals surface area contributed by atoms with Gasteiger partial charge < -0.3 is 5.11 Å². The van der Waals surface area contributed by atoms with Crippen LogP contribution in [0.2, 0.25) is 0 Å². The molecule has 1 saturated heterocycles. The number of carbonyl (C=O) groups is 1. The fourth-order valence-corrected chi connectivity index (χ4v) is 4.24. The number of fused-ring (bicyclic) bond motifs is 1. The third-order valence-electron chi connectivity index (χ3n) is 5.69. The van der Waals surface area contributed by atoms with Crippen LogP contribution in [0.3, 0.4) is 0 Å². The molecule has 0 radical (unpaired) electrons. The van der Waals surface area contributed by atoms with E-state index >= 15 is 0 Å². The first-order chi connectivity index (χ1) is 13.1. The van der Waals surface area contributed by atoms with E-state index in [1.165, 1.54) is 27.5 Å². The van der Waals surface area contributed by atoms with Gasteiger partial charge in [0.15, 0.2) is 0 Å². The molecule has 1 unspecified atom stereocenters. The van der Waals surface area contributed by atoms with Crippen LogP contribution in [-0.2, 0) is 4.79 Å². The smallest absolute Gasteiger partial charge is 0.306 e. The maximum absolute atomic E-state index is 11.3. The summed E-state index contributed by atoms with van der Waals surface area (Å²) in [7, 11) is 0. The molecule has 3 heteroatoms. The van der Waals surface area contributed by atoms with Crippen LogP contribution >= 0.6 is 0 Å². The number of benzene rings is 3. The Hall–Kier alpha value is -2.65. The predicted octanol–water partition coefficient (Wildman–Crippen LogP) is 5.03. The summed E-state index contributed by atoms with van der Waals surface area (Å²) < 4.78 is 0. The number of likely N-dealkylation sites (tertiary alicyclic amines) is 1. The standard InChI is InChI=1S/C24H25NO2/c1-17-5-4-8-21(15-17)23(25-13-11-19(12-14-25)24(26)27)22-10-9-18-6-2-3-7-20(18)16-22/h2-10,15-16,19,23H,11-14H2,1H3,(H,26,27). The van der Waals surface area contributed by atoms with Crippen LogP contribution < -0.4 is 0 Å². The molecule has 1 aliphatic rings. The molecule has 1 N–H and O–H groups in total. The number of nitrogens with zero attached hydrogens (tertiary/aromatic N) is 1. The lowest BCUT2D eigenvalue weighted by Crippen LogP contribution is -2.39. The van der Waals surface area contributed by atoms with Gasteiger partial charge in [0.1, 0.15) is 0 Å². The van der Waals surface area contributed by atoms with E-state index in [2.05, 4.69) is 78.6 Å². The van der Waals surface area contributed by atoms with Crippen LogP contribution in [0.25, 0.3) is 10.8 Å². The highest BCUT2D eigenvalue weighted by Crippen LogP contribution is 2.34. The SMILES string of the molecule is Cc1cccc(C(c2ccc3ccccc3c2)N2CCC(C(=O)O)CC2)c1. The summed E-state index contributed by atoms with van der Waals surface area (Å²) in [6.45, 7) is 3.74. The molecule has 1 heterocycles. The van der Waals surface area contributed by atoms with Crippen molar-refractivity contribution < 1.29 is 9.90 Å². The van der Waals surface area contributed by atoms with Crippen molar-refractivity contribution in [1.29, 1.82) is 0 Å². The van der Waals surface area contributed by atoms with E-state index in [9.17, 15) is 9.90 Å². The molecule has 4 rings (SSSR count). The van der Waals surface area contributed by atoms with Crippen molar-refractivity contribution in [3.8, 4) is 0 Å². The van der Waals surface area contributed by atoms with Crippen LogP contribution in [0.4, 0.5) is 0 Å². The summed E-state index contributed by atoms with van der Waals surface area (Å²) in [4.78, 5) is 13.8. The molecule has 1 atom stereocenters. The fraction of sp³-hybridized carbons (Fsp3) is 0.292. The first-order valence-corrected chi connectivity index (χ1v) is 9.64. The fourth-order valence-electron chi connectivity index (χ4n) is 4.24. The monoisotopic (exact) mass is 359 g/mol. The number of piperidine rings is 1. The summed E-state index contributed by atoms with van der Waals surface area (Å²) in [5.74, 6) is -0.872. The largest absolute Gasteiger partial charge is 0.481 e. The Morgan fingerprint density at radius 1 is 0.926 bits per heavy atom. The minimum atomic E-state index is -0.660. The van der Waals surface area contributed by atoms with Crippen molar-refractivity contribution in [2.75, 3.05) is 13.1 Å². The van der Waals surface area contributed by atoms with E-state index in [1.54, 1.807) is 0 Å². The van der Waals surface area contributed by atoms with Gasteiger partial charge in [-0.05, 0) is 60.8 Å². The molecule has 0 aliphatic carbocycles. The van der Waals surface area contributed by atoms with Crippen LogP contribution in [0.5, 0.6) is 0 Å². The topological polar surface area (TPSA) is 40.5 Å². The Balaban J connectivity index is 1.72. The maximum atomic E-state index is 11.3. The van der Waals surface area contributed by atoms with E-state index < -0.39 is 5.97 Å².